The molecule has 4 heterocycles. The van der Waals surface area contributed by atoms with Crippen LogP contribution >= 0.6 is 33.2 Å². The average Bonchev–Trinajstić information content (AvgIpc) is 4.07. The molecule has 2 saturated heterocycles. The van der Waals surface area contributed by atoms with Crippen molar-refractivity contribution in [3.05, 3.63) is 64.5 Å². The molecule has 4 bridgehead atoms. The van der Waals surface area contributed by atoms with Gasteiger partial charge in [0.05, 0.1) is 37.6 Å². The number of fused-ring (bicyclic) bond motifs is 5. The molecule has 5 amide bonds. The van der Waals surface area contributed by atoms with Crippen molar-refractivity contribution in [2.45, 2.75) is 140 Å². The van der Waals surface area contributed by atoms with Gasteiger partial charge in [-0.3, -0.25) is 24.5 Å². The van der Waals surface area contributed by atoms with E-state index in [1.54, 1.807) is 59.2 Å². The first-order valence-corrected chi connectivity index (χ1v) is 27.2. The highest BCUT2D eigenvalue weighted by molar-refractivity contribution is 8.77. The summed E-state index contributed by atoms with van der Waals surface area (Å²) < 4.78 is 34.4. The minimum Gasteiger partial charge on any atom is -0.495 e. The molecule has 412 valence electrons. The molecule has 0 spiro atoms. The predicted octanol–water partition coefficient (Wildman–Crippen LogP) is 5.69. The maximum atomic E-state index is 14.4. The number of nitrogens with one attached hydrogen (secondary N) is 3. The Labute approximate surface area is 451 Å². The average molecular weight is 1100 g/mol. The van der Waals surface area contributed by atoms with E-state index in [4.69, 9.17) is 40.0 Å². The topological polar surface area (TPSA) is 262 Å². The molecule has 5 rings (SSSR count). The summed E-state index contributed by atoms with van der Waals surface area (Å²) >= 11 is 6.82. The van der Waals surface area contributed by atoms with E-state index in [2.05, 4.69) is 31.1 Å². The third-order valence-corrected chi connectivity index (χ3v) is 16.9. The normalized spacial score (nSPS) is 25.7. The number of carbonyl (C=O) groups excluding carboxylic acids is 6. The lowest BCUT2D eigenvalue weighted by atomic mass is 9.83. The number of hydrogen-bond acceptors (Lipinski definition) is 18. The van der Waals surface area contributed by atoms with Crippen LogP contribution in [0.1, 0.15) is 98.1 Å². The number of benzene rings is 1. The van der Waals surface area contributed by atoms with Crippen LogP contribution in [0.4, 0.5) is 10.5 Å². The third kappa shape index (κ3) is 16.3. The number of rotatable bonds is 19. The fraction of sp³-hybridized carbons (Fsp3) is 0.588. The second-order valence-electron chi connectivity index (χ2n) is 19.6. The van der Waals surface area contributed by atoms with Crippen LogP contribution in [0.25, 0.3) is 0 Å². The fourth-order valence-corrected chi connectivity index (χ4v) is 11.3. The van der Waals surface area contributed by atoms with Gasteiger partial charge in [-0.1, -0.05) is 63.9 Å². The van der Waals surface area contributed by atoms with Crippen LogP contribution in [0.5, 0.6) is 11.8 Å². The smallest absolute Gasteiger partial charge is 0.409 e. The van der Waals surface area contributed by atoms with Gasteiger partial charge in [0.15, 0.2) is 5.72 Å². The summed E-state index contributed by atoms with van der Waals surface area (Å²) in [5, 5.41) is 21.3. The van der Waals surface area contributed by atoms with Crippen LogP contribution in [-0.4, -0.2) is 156 Å². The van der Waals surface area contributed by atoms with Crippen molar-refractivity contribution in [1.29, 1.82) is 0 Å². The van der Waals surface area contributed by atoms with Gasteiger partial charge in [0, 0.05) is 88.3 Å². The number of nitrogens with zero attached hydrogens (tertiary/aromatic N) is 5. The molecule has 0 radical (unpaired) electrons. The van der Waals surface area contributed by atoms with Gasteiger partial charge in [0.2, 0.25) is 23.6 Å². The maximum Gasteiger partial charge on any atom is 0.409 e. The summed E-state index contributed by atoms with van der Waals surface area (Å²) in [6.45, 7) is 12.7. The first-order valence-electron chi connectivity index (χ1n) is 24.5. The zero-order valence-electron chi connectivity index (χ0n) is 44.6. The van der Waals surface area contributed by atoms with E-state index in [1.807, 2.05) is 26.8 Å². The zero-order chi connectivity index (χ0) is 55.4. The van der Waals surface area contributed by atoms with Gasteiger partial charge in [0.1, 0.15) is 40.7 Å². The van der Waals surface area contributed by atoms with Crippen molar-refractivity contribution < 1.29 is 62.3 Å². The van der Waals surface area contributed by atoms with Crippen molar-refractivity contribution in [1.82, 2.24) is 30.9 Å². The van der Waals surface area contributed by atoms with Crippen molar-refractivity contribution in [2.75, 3.05) is 52.6 Å². The first kappa shape index (κ1) is 60.4. The molecule has 1 aromatic heterocycles. The van der Waals surface area contributed by atoms with Crippen LogP contribution in [0.15, 0.2) is 53.4 Å². The summed E-state index contributed by atoms with van der Waals surface area (Å²) in [5.74, 6) is -1.87. The number of esters is 1. The van der Waals surface area contributed by atoms with Gasteiger partial charge >= 0.3 is 18.1 Å². The number of anilines is 1. The molecule has 0 unspecified atom stereocenters. The van der Waals surface area contributed by atoms with E-state index in [9.17, 15) is 33.9 Å². The van der Waals surface area contributed by atoms with Gasteiger partial charge in [-0.15, -0.1) is 0 Å². The molecule has 0 aliphatic carbocycles. The zero-order valence-corrected chi connectivity index (χ0v) is 47.0. The SMILES string of the molecule is CNC(=O)CCCOc1ncc(/C(C)=N/NC(=O)CC(C)(C)SSCCC(=O)N(C)[C@@H](C)C(=O)O[C@H]2CC(=O)N(C)c3cc(cc(OC)c3Cl)C/C(C)=C/C=C/[C@@H](OC)[C@@]3(O)C[C@H](OC(=O)N3)[C@@H](C)[C@@H]3O[C@@]23C)cn1. The molecule has 21 nitrogen and oxygen atoms in total. The number of epoxide rings is 1. The van der Waals surface area contributed by atoms with E-state index >= 15 is 0 Å². The summed E-state index contributed by atoms with van der Waals surface area (Å²) in [6.07, 6.45) is 4.60. The Balaban J connectivity index is 1.22. The molecule has 75 heavy (non-hydrogen) atoms. The van der Waals surface area contributed by atoms with Crippen molar-refractivity contribution in [3.63, 3.8) is 0 Å². The number of methoxy groups -OCH3 is 2. The molecule has 0 saturated carbocycles. The Morgan fingerprint density at radius 1 is 1.15 bits per heavy atom. The van der Waals surface area contributed by atoms with Gasteiger partial charge in [-0.05, 0) is 72.1 Å². The molecule has 3 aliphatic heterocycles. The Morgan fingerprint density at radius 2 is 1.85 bits per heavy atom. The van der Waals surface area contributed by atoms with E-state index in [0.29, 0.717) is 47.7 Å². The number of ether oxygens (including phenoxy) is 6. The van der Waals surface area contributed by atoms with Gasteiger partial charge in [-0.25, -0.2) is 25.0 Å². The fourth-order valence-electron chi connectivity index (χ4n) is 8.49. The number of halogens is 1. The molecule has 2 aromatic rings. The van der Waals surface area contributed by atoms with Crippen LogP contribution < -0.4 is 30.4 Å². The second kappa shape index (κ2) is 26.5. The standard InChI is InChI=1S/C51H71ClN8O13S2/c1-29-15-13-16-38(69-12)51(67)25-37(71-48(66)56-51)30(2)45-50(7,73-45)39(24-43(64)60(10)35-22-33(21-29)23-36(68-11)44(35)52)72-46(65)32(4)59(9)42(63)18-20-74-75-49(5,6)26-41(62)58-57-31(3)34-27-54-47(55-28-34)70-19-14-17-40(61)53-8/h13,15-16,22-23,27-28,30,32,37-39,45,67H,14,17-21,24-26H2,1-12H3,(H,53,61)(H,56,66)(H,58,62)/b16-13+,29-15+,57-31+/t30-,32+,37+,38-,39+,45+,50+,51+/m1/s1. The van der Waals surface area contributed by atoms with Crippen molar-refractivity contribution >= 4 is 80.3 Å². The Kier molecular flexibility index (Phi) is 21.4. The van der Waals surface area contributed by atoms with E-state index < -0.39 is 70.4 Å². The number of alkyl carbamates (subject to hydrolysis) is 1. The third-order valence-electron chi connectivity index (χ3n) is 13.2. The molecule has 3 aliphatic rings. The maximum absolute atomic E-state index is 14.4. The number of carbonyl (C=O) groups is 6. The van der Waals surface area contributed by atoms with E-state index in [1.165, 1.54) is 72.0 Å². The minimum atomic E-state index is -1.87. The summed E-state index contributed by atoms with van der Waals surface area (Å²) in [4.78, 5) is 90.3. The molecule has 1 aromatic carbocycles. The van der Waals surface area contributed by atoms with Crippen LogP contribution in [0.3, 0.4) is 0 Å². The quantitative estimate of drug-likeness (QED) is 0.0329. The van der Waals surface area contributed by atoms with Crippen LogP contribution in [-0.2, 0) is 49.3 Å². The Bertz CT molecular complexity index is 2500. The van der Waals surface area contributed by atoms with Crippen LogP contribution in [0.2, 0.25) is 5.02 Å². The van der Waals surface area contributed by atoms with Gasteiger partial charge in [-0.2, -0.15) is 5.10 Å². The number of hydrazone groups is 1. The highest BCUT2D eigenvalue weighted by Gasteiger charge is 2.64. The van der Waals surface area contributed by atoms with Crippen molar-refractivity contribution in [3.8, 4) is 11.8 Å². The number of likely N-dealkylation sites (N-methyl/N-ethyl adjacent to an activating group) is 1. The number of amides is 5. The second-order valence-corrected chi connectivity index (χ2v) is 23.1. The highest BCUT2D eigenvalue weighted by atomic mass is 35.5. The van der Waals surface area contributed by atoms with Gasteiger partial charge < -0.3 is 48.6 Å². The Hall–Kier alpha value is -5.46. The summed E-state index contributed by atoms with van der Waals surface area (Å²) in [6, 6.07) is 2.63. The largest absolute Gasteiger partial charge is 0.495 e. The molecular weight excluding hydrogens is 1030 g/mol. The van der Waals surface area contributed by atoms with Crippen molar-refractivity contribution in [2.24, 2.45) is 11.0 Å². The number of aliphatic hydroxyl groups is 1. The summed E-state index contributed by atoms with van der Waals surface area (Å²) in [5.41, 5.74) is 2.53. The molecule has 8 atom stereocenters. The lowest BCUT2D eigenvalue weighted by Crippen LogP contribution is -2.63. The number of allylic oxidation sites excluding steroid dienone is 3. The first-order chi connectivity index (χ1) is 35.3. The summed E-state index contributed by atoms with van der Waals surface area (Å²) in [7, 11) is 10.4. The Morgan fingerprint density at radius 3 is 2.52 bits per heavy atom. The predicted molar refractivity (Wildman–Crippen MR) is 285 cm³/mol. The monoisotopic (exact) mass is 1100 g/mol. The lowest BCUT2D eigenvalue weighted by molar-refractivity contribution is -0.162. The lowest BCUT2D eigenvalue weighted by Gasteiger charge is -2.42. The minimum absolute atomic E-state index is 0.0617. The molecular formula is C51H71ClN8O13S2. The van der Waals surface area contributed by atoms with Crippen LogP contribution in [0, 0.1) is 5.92 Å². The molecule has 24 heteroatoms. The number of aromatic nitrogens is 2. The van der Waals surface area contributed by atoms with E-state index in [-0.39, 0.29) is 61.0 Å². The van der Waals surface area contributed by atoms with Gasteiger partial charge in [0.25, 0.3) is 0 Å². The molecule has 2 fully saturated rings. The van der Waals surface area contributed by atoms with E-state index in [0.717, 1.165) is 11.1 Å². The highest BCUT2D eigenvalue weighted by Crippen LogP contribution is 2.49. The number of hydrogen-bond donors (Lipinski definition) is 4. The molecule has 4 N–H and O–H groups in total.